The van der Waals surface area contributed by atoms with Gasteiger partial charge >= 0.3 is 0 Å². The van der Waals surface area contributed by atoms with Crippen LogP contribution in [0, 0.1) is 0 Å². The Morgan fingerprint density at radius 1 is 1.43 bits per heavy atom. The molecule has 2 aromatic rings. The first-order valence-corrected chi connectivity index (χ1v) is 6.94. The number of ether oxygens (including phenoxy) is 1. The predicted octanol–water partition coefficient (Wildman–Crippen LogP) is 1.84. The molecule has 0 aliphatic carbocycles. The highest BCUT2D eigenvalue weighted by atomic mass is 16.5. The standard InChI is InChI=1S/C15H20N4O2/c1-4-12-7-14(20)19-15(18-12)11-5-6-13(16-8-11)17-10(2)9-21-3/h5-8,10H,4,9H2,1-3H3,(H,16,17)(H,18,19,20)/t10-/m1/s1. The summed E-state index contributed by atoms with van der Waals surface area (Å²) in [6.45, 7) is 4.59. The minimum absolute atomic E-state index is 0.146. The number of anilines is 1. The van der Waals surface area contributed by atoms with E-state index in [1.165, 1.54) is 6.07 Å². The lowest BCUT2D eigenvalue weighted by Gasteiger charge is -2.13. The molecule has 0 aliphatic rings. The van der Waals surface area contributed by atoms with Gasteiger partial charge in [-0.1, -0.05) is 6.92 Å². The van der Waals surface area contributed by atoms with Gasteiger partial charge in [-0.3, -0.25) is 4.79 Å². The molecule has 2 rings (SSSR count). The van der Waals surface area contributed by atoms with Gasteiger partial charge in [0.05, 0.1) is 6.61 Å². The molecule has 0 fully saturated rings. The summed E-state index contributed by atoms with van der Waals surface area (Å²) in [5.74, 6) is 1.31. The van der Waals surface area contributed by atoms with Gasteiger partial charge in [-0.25, -0.2) is 9.97 Å². The number of nitrogens with one attached hydrogen (secondary N) is 2. The van der Waals surface area contributed by atoms with Crippen molar-refractivity contribution < 1.29 is 4.74 Å². The van der Waals surface area contributed by atoms with Gasteiger partial charge in [0, 0.05) is 36.7 Å². The quantitative estimate of drug-likeness (QED) is 0.848. The Kier molecular flexibility index (Phi) is 5.05. The molecule has 0 saturated carbocycles. The molecule has 0 bridgehead atoms. The van der Waals surface area contributed by atoms with Crippen molar-refractivity contribution in [3.63, 3.8) is 0 Å². The number of nitrogens with zero attached hydrogens (tertiary/aromatic N) is 2. The Hall–Kier alpha value is -2.21. The number of hydrogen-bond donors (Lipinski definition) is 2. The SMILES string of the molecule is CCc1cc(=O)[nH]c(-c2ccc(N[C@H](C)COC)nc2)n1. The molecule has 0 unspecified atom stereocenters. The van der Waals surface area contributed by atoms with Crippen molar-refractivity contribution in [3.05, 3.63) is 40.4 Å². The summed E-state index contributed by atoms with van der Waals surface area (Å²) in [5, 5.41) is 3.23. The Morgan fingerprint density at radius 2 is 2.24 bits per heavy atom. The van der Waals surface area contributed by atoms with Crippen LogP contribution >= 0.6 is 0 Å². The first kappa shape index (κ1) is 15.2. The molecule has 0 aromatic carbocycles. The van der Waals surface area contributed by atoms with Crippen LogP contribution in [0.15, 0.2) is 29.2 Å². The molecule has 21 heavy (non-hydrogen) atoms. The average molecular weight is 288 g/mol. The van der Waals surface area contributed by atoms with Gasteiger partial charge < -0.3 is 15.0 Å². The van der Waals surface area contributed by atoms with Crippen LogP contribution < -0.4 is 10.9 Å². The minimum atomic E-state index is -0.146. The fourth-order valence-electron chi connectivity index (χ4n) is 1.99. The lowest BCUT2D eigenvalue weighted by Crippen LogP contribution is -2.21. The monoisotopic (exact) mass is 288 g/mol. The van der Waals surface area contributed by atoms with Crippen LogP contribution in [0.25, 0.3) is 11.4 Å². The van der Waals surface area contributed by atoms with Gasteiger partial charge in [-0.15, -0.1) is 0 Å². The van der Waals surface area contributed by atoms with Crippen LogP contribution in [0.2, 0.25) is 0 Å². The number of aromatic amines is 1. The Labute approximate surface area is 123 Å². The van der Waals surface area contributed by atoms with Crippen molar-refractivity contribution in [3.8, 4) is 11.4 Å². The number of pyridine rings is 1. The molecule has 2 aromatic heterocycles. The smallest absolute Gasteiger partial charge is 0.251 e. The van der Waals surface area contributed by atoms with E-state index in [9.17, 15) is 4.79 Å². The van der Waals surface area contributed by atoms with Crippen LogP contribution in [-0.2, 0) is 11.2 Å². The van der Waals surface area contributed by atoms with Crippen molar-refractivity contribution >= 4 is 5.82 Å². The lowest BCUT2D eigenvalue weighted by atomic mass is 10.2. The Morgan fingerprint density at radius 3 is 2.86 bits per heavy atom. The second kappa shape index (κ2) is 6.99. The summed E-state index contributed by atoms with van der Waals surface area (Å²) in [6, 6.07) is 5.43. The molecule has 112 valence electrons. The summed E-state index contributed by atoms with van der Waals surface area (Å²) in [6.07, 6.45) is 2.41. The van der Waals surface area contributed by atoms with Gasteiger partial charge in [-0.05, 0) is 25.5 Å². The molecule has 6 nitrogen and oxygen atoms in total. The Balaban J connectivity index is 2.19. The maximum atomic E-state index is 11.6. The summed E-state index contributed by atoms with van der Waals surface area (Å²) < 4.78 is 5.07. The molecule has 2 N–H and O–H groups in total. The maximum absolute atomic E-state index is 11.6. The molecule has 0 radical (unpaired) electrons. The fourth-order valence-corrected chi connectivity index (χ4v) is 1.99. The second-order valence-corrected chi connectivity index (χ2v) is 4.87. The number of methoxy groups -OCH3 is 1. The minimum Gasteiger partial charge on any atom is -0.383 e. The second-order valence-electron chi connectivity index (χ2n) is 4.87. The van der Waals surface area contributed by atoms with Crippen molar-refractivity contribution in [1.29, 1.82) is 0 Å². The van der Waals surface area contributed by atoms with Crippen LogP contribution in [0.4, 0.5) is 5.82 Å². The van der Waals surface area contributed by atoms with Crippen LogP contribution in [0.5, 0.6) is 0 Å². The van der Waals surface area contributed by atoms with Crippen molar-refractivity contribution in [2.75, 3.05) is 19.0 Å². The van der Waals surface area contributed by atoms with Gasteiger partial charge in [0.15, 0.2) is 0 Å². The zero-order chi connectivity index (χ0) is 15.2. The van der Waals surface area contributed by atoms with E-state index < -0.39 is 0 Å². The third-order valence-corrected chi connectivity index (χ3v) is 3.00. The summed E-state index contributed by atoms with van der Waals surface area (Å²) >= 11 is 0. The molecule has 0 saturated heterocycles. The highest BCUT2D eigenvalue weighted by Crippen LogP contribution is 2.15. The summed E-state index contributed by atoms with van der Waals surface area (Å²) in [7, 11) is 1.66. The highest BCUT2D eigenvalue weighted by Gasteiger charge is 2.06. The van der Waals surface area contributed by atoms with Crippen molar-refractivity contribution in [1.82, 2.24) is 15.0 Å². The molecular weight excluding hydrogens is 268 g/mol. The van der Waals surface area contributed by atoms with Gasteiger partial charge in [0.25, 0.3) is 5.56 Å². The van der Waals surface area contributed by atoms with Gasteiger partial charge in [0.1, 0.15) is 11.6 Å². The number of aromatic nitrogens is 3. The van der Waals surface area contributed by atoms with Gasteiger partial charge in [-0.2, -0.15) is 0 Å². The zero-order valence-corrected chi connectivity index (χ0v) is 12.5. The molecule has 6 heteroatoms. The van der Waals surface area contributed by atoms with Crippen LogP contribution in [0.3, 0.4) is 0 Å². The first-order valence-electron chi connectivity index (χ1n) is 6.94. The lowest BCUT2D eigenvalue weighted by molar-refractivity contribution is 0.190. The maximum Gasteiger partial charge on any atom is 0.251 e. The average Bonchev–Trinajstić information content (AvgIpc) is 2.47. The van der Waals surface area contributed by atoms with E-state index in [4.69, 9.17) is 4.74 Å². The molecule has 0 spiro atoms. The molecular formula is C15H20N4O2. The van der Waals surface area contributed by atoms with Crippen molar-refractivity contribution in [2.24, 2.45) is 0 Å². The topological polar surface area (TPSA) is 79.9 Å². The largest absolute Gasteiger partial charge is 0.383 e. The van der Waals surface area contributed by atoms with E-state index in [0.29, 0.717) is 12.4 Å². The number of rotatable bonds is 6. The first-order chi connectivity index (χ1) is 10.1. The molecule has 0 aliphatic heterocycles. The van der Waals surface area contributed by atoms with Crippen molar-refractivity contribution in [2.45, 2.75) is 26.3 Å². The number of H-pyrrole nitrogens is 1. The fraction of sp³-hybridized carbons (Fsp3) is 0.400. The van der Waals surface area contributed by atoms with E-state index in [1.807, 2.05) is 26.0 Å². The molecule has 2 heterocycles. The molecule has 1 atom stereocenters. The zero-order valence-electron chi connectivity index (χ0n) is 12.5. The third-order valence-electron chi connectivity index (χ3n) is 3.00. The van der Waals surface area contributed by atoms with Gasteiger partial charge in [0.2, 0.25) is 0 Å². The van der Waals surface area contributed by atoms with Crippen LogP contribution in [0.1, 0.15) is 19.5 Å². The van der Waals surface area contributed by atoms with E-state index in [1.54, 1.807) is 13.3 Å². The normalized spacial score (nSPS) is 12.1. The van der Waals surface area contributed by atoms with E-state index in [2.05, 4.69) is 20.3 Å². The summed E-state index contributed by atoms with van der Waals surface area (Å²) in [4.78, 5) is 23.1. The number of hydrogen-bond acceptors (Lipinski definition) is 5. The third kappa shape index (κ3) is 4.13. The van der Waals surface area contributed by atoms with E-state index in [0.717, 1.165) is 23.5 Å². The predicted molar refractivity (Wildman–Crippen MR) is 82.4 cm³/mol. The van der Waals surface area contributed by atoms with E-state index in [-0.39, 0.29) is 11.6 Å². The number of aryl methyl sites for hydroxylation is 1. The molecule has 0 amide bonds. The Bertz CT molecular complexity index is 637. The summed E-state index contributed by atoms with van der Waals surface area (Å²) in [5.41, 5.74) is 1.41. The van der Waals surface area contributed by atoms with Crippen LogP contribution in [-0.4, -0.2) is 34.7 Å². The van der Waals surface area contributed by atoms with E-state index >= 15 is 0 Å². The highest BCUT2D eigenvalue weighted by molar-refractivity contribution is 5.55.